The minimum absolute atomic E-state index is 0.141. The molecule has 1 saturated heterocycles. The second-order valence-corrected chi connectivity index (χ2v) is 7.74. The number of H-pyrrole nitrogens is 1. The number of nitrogens with zero attached hydrogens (tertiary/aromatic N) is 1. The summed E-state index contributed by atoms with van der Waals surface area (Å²) in [6.45, 7) is 9.06. The zero-order valence-electron chi connectivity index (χ0n) is 15.3. The number of hydrogen-bond donors (Lipinski definition) is 1. The number of ether oxygens (including phenoxy) is 2. The molecule has 6 heteroatoms. The van der Waals surface area contributed by atoms with E-state index in [0.717, 1.165) is 10.9 Å². The fourth-order valence-corrected chi connectivity index (χ4v) is 3.12. The van der Waals surface area contributed by atoms with Crippen molar-refractivity contribution in [2.45, 2.75) is 52.0 Å². The normalized spacial score (nSPS) is 20.0. The van der Waals surface area contributed by atoms with Crippen LogP contribution < -0.4 is 0 Å². The van der Waals surface area contributed by atoms with Crippen LogP contribution in [-0.2, 0) is 9.47 Å². The van der Waals surface area contributed by atoms with E-state index in [2.05, 4.69) is 4.98 Å². The third-order valence-electron chi connectivity index (χ3n) is 4.23. The summed E-state index contributed by atoms with van der Waals surface area (Å²) >= 11 is 0. The zero-order valence-corrected chi connectivity index (χ0v) is 15.3. The average Bonchev–Trinajstić information content (AvgIpc) is 3.07. The monoisotopic (exact) mass is 344 g/mol. The molecule has 25 heavy (non-hydrogen) atoms. The molecule has 6 nitrogen and oxygen atoms in total. The molecule has 0 spiro atoms. The molecule has 134 valence electrons. The number of ketones is 1. The van der Waals surface area contributed by atoms with E-state index in [1.807, 2.05) is 18.2 Å². The highest BCUT2D eigenvalue weighted by Crippen LogP contribution is 2.32. The van der Waals surface area contributed by atoms with Crippen LogP contribution in [0.25, 0.3) is 10.9 Å². The van der Waals surface area contributed by atoms with Crippen molar-refractivity contribution in [1.29, 1.82) is 0 Å². The summed E-state index contributed by atoms with van der Waals surface area (Å²) in [5.41, 5.74) is -0.251. The maximum atomic E-state index is 13.2. The lowest BCUT2D eigenvalue weighted by molar-refractivity contribution is -0.0615. The third-order valence-corrected chi connectivity index (χ3v) is 4.23. The first kappa shape index (κ1) is 17.5. The minimum atomic E-state index is -0.910. The molecule has 2 heterocycles. The van der Waals surface area contributed by atoms with Crippen molar-refractivity contribution in [2.24, 2.45) is 0 Å². The summed E-state index contributed by atoms with van der Waals surface area (Å²) in [5, 5.41) is 0.952. The topological polar surface area (TPSA) is 71.6 Å². The first-order chi connectivity index (χ1) is 11.6. The molecule has 1 aromatic heterocycles. The number of para-hydroxylation sites is 1. The fourth-order valence-electron chi connectivity index (χ4n) is 3.12. The molecule has 2 aromatic rings. The van der Waals surface area contributed by atoms with Crippen LogP contribution in [-0.4, -0.2) is 45.7 Å². The lowest BCUT2D eigenvalue weighted by Crippen LogP contribution is -2.52. The van der Waals surface area contributed by atoms with Crippen molar-refractivity contribution in [1.82, 2.24) is 9.88 Å². The van der Waals surface area contributed by atoms with Crippen LogP contribution in [0.5, 0.6) is 0 Å². The lowest BCUT2D eigenvalue weighted by atomic mass is 10.0. The van der Waals surface area contributed by atoms with Gasteiger partial charge in [-0.2, -0.15) is 0 Å². The molecule has 0 saturated carbocycles. The Morgan fingerprint density at radius 3 is 2.68 bits per heavy atom. The fraction of sp³-hybridized carbons (Fsp3) is 0.474. The predicted molar refractivity (Wildman–Crippen MR) is 94.5 cm³/mol. The highest BCUT2D eigenvalue weighted by Gasteiger charge is 2.49. The molecule has 1 amide bonds. The van der Waals surface area contributed by atoms with Crippen molar-refractivity contribution in [3.8, 4) is 0 Å². The van der Waals surface area contributed by atoms with E-state index in [9.17, 15) is 9.59 Å². The number of nitrogens with one attached hydrogen (secondary N) is 1. The van der Waals surface area contributed by atoms with Gasteiger partial charge in [-0.15, -0.1) is 0 Å². The van der Waals surface area contributed by atoms with Crippen molar-refractivity contribution in [2.75, 3.05) is 6.61 Å². The molecule has 1 aromatic carbocycles. The number of carbonyl (C=O) groups excluding carboxylic acids is 2. The maximum Gasteiger partial charge on any atom is 0.413 e. The molecule has 1 atom stereocenters. The van der Waals surface area contributed by atoms with Crippen LogP contribution in [0.4, 0.5) is 4.79 Å². The molecule has 1 aliphatic heterocycles. The summed E-state index contributed by atoms with van der Waals surface area (Å²) in [6.07, 6.45) is 1.24. The van der Waals surface area contributed by atoms with Gasteiger partial charge in [0.05, 0.1) is 12.1 Å². The van der Waals surface area contributed by atoms with Crippen LogP contribution in [0.2, 0.25) is 0 Å². The molecule has 0 bridgehead atoms. The van der Waals surface area contributed by atoms with Crippen LogP contribution in [0, 0.1) is 0 Å². The second-order valence-electron chi connectivity index (χ2n) is 7.74. The summed E-state index contributed by atoms with van der Waals surface area (Å²) in [4.78, 5) is 30.4. The van der Waals surface area contributed by atoms with Crippen molar-refractivity contribution in [3.05, 3.63) is 36.0 Å². The van der Waals surface area contributed by atoms with Crippen LogP contribution in [0.3, 0.4) is 0 Å². The Bertz CT molecular complexity index is 816. The van der Waals surface area contributed by atoms with Crippen LogP contribution in [0.1, 0.15) is 45.0 Å². The van der Waals surface area contributed by atoms with Crippen molar-refractivity contribution < 1.29 is 19.1 Å². The summed E-state index contributed by atoms with van der Waals surface area (Å²) in [5.74, 6) is -0.163. The van der Waals surface area contributed by atoms with Crippen molar-refractivity contribution >= 4 is 22.8 Å². The van der Waals surface area contributed by atoms with Gasteiger partial charge in [-0.25, -0.2) is 4.79 Å². The van der Waals surface area contributed by atoms with E-state index >= 15 is 0 Å². The number of amides is 1. The van der Waals surface area contributed by atoms with Gasteiger partial charge in [0.15, 0.2) is 5.78 Å². The SMILES string of the molecule is CC(C)(C)OC(=O)N1[C@@H](C(=O)c2cccc3cc[nH]c23)COC1(C)C. The third kappa shape index (κ3) is 3.26. The van der Waals surface area contributed by atoms with Gasteiger partial charge in [0.1, 0.15) is 17.4 Å². The quantitative estimate of drug-likeness (QED) is 0.843. The van der Waals surface area contributed by atoms with E-state index < -0.39 is 23.5 Å². The van der Waals surface area contributed by atoms with E-state index in [1.54, 1.807) is 46.9 Å². The Morgan fingerprint density at radius 1 is 1.28 bits per heavy atom. The van der Waals surface area contributed by atoms with E-state index in [4.69, 9.17) is 9.47 Å². The van der Waals surface area contributed by atoms with Gasteiger partial charge in [-0.1, -0.05) is 12.1 Å². The Balaban J connectivity index is 1.96. The maximum absolute atomic E-state index is 13.2. The summed E-state index contributed by atoms with van der Waals surface area (Å²) in [7, 11) is 0. The van der Waals surface area contributed by atoms with Crippen molar-refractivity contribution in [3.63, 3.8) is 0 Å². The number of fused-ring (bicyclic) bond motifs is 1. The summed E-state index contributed by atoms with van der Waals surface area (Å²) < 4.78 is 11.2. The molecular formula is C19H24N2O4. The number of Topliss-reactive ketones (excluding diaryl/α,β-unsaturated/α-hetero) is 1. The van der Waals surface area contributed by atoms with Gasteiger partial charge >= 0.3 is 6.09 Å². The molecular weight excluding hydrogens is 320 g/mol. The van der Waals surface area contributed by atoms with Gasteiger partial charge in [0.2, 0.25) is 0 Å². The van der Waals surface area contributed by atoms with Gasteiger partial charge in [0, 0.05) is 17.1 Å². The molecule has 1 N–H and O–H groups in total. The molecule has 0 unspecified atom stereocenters. The molecule has 0 radical (unpaired) electrons. The highest BCUT2D eigenvalue weighted by atomic mass is 16.6. The van der Waals surface area contributed by atoms with Gasteiger partial charge in [0.25, 0.3) is 0 Å². The molecule has 0 aliphatic carbocycles. The number of hydrogen-bond acceptors (Lipinski definition) is 4. The van der Waals surface area contributed by atoms with E-state index in [1.165, 1.54) is 4.90 Å². The lowest BCUT2D eigenvalue weighted by Gasteiger charge is -2.34. The Hall–Kier alpha value is -2.34. The number of rotatable bonds is 2. The van der Waals surface area contributed by atoms with Gasteiger partial charge < -0.3 is 14.5 Å². The number of carbonyl (C=O) groups is 2. The first-order valence-electron chi connectivity index (χ1n) is 8.37. The minimum Gasteiger partial charge on any atom is -0.444 e. The highest BCUT2D eigenvalue weighted by molar-refractivity contribution is 6.10. The first-order valence-corrected chi connectivity index (χ1v) is 8.37. The predicted octanol–water partition coefficient (Wildman–Crippen LogP) is 3.72. The summed E-state index contributed by atoms with van der Waals surface area (Å²) in [6, 6.07) is 6.72. The largest absolute Gasteiger partial charge is 0.444 e. The Kier molecular flexibility index (Phi) is 4.11. The number of aromatic amines is 1. The Labute approximate surface area is 147 Å². The standard InChI is InChI=1S/C19H24N2O4/c1-18(2,3)25-17(23)21-14(11-24-19(21,4)5)16(22)13-8-6-7-12-9-10-20-15(12)13/h6-10,14,20H,11H2,1-5H3/t14-/m1/s1. The smallest absolute Gasteiger partial charge is 0.413 e. The molecule has 1 fully saturated rings. The van der Waals surface area contributed by atoms with E-state index in [0.29, 0.717) is 5.56 Å². The average molecular weight is 344 g/mol. The van der Waals surface area contributed by atoms with Crippen LogP contribution in [0.15, 0.2) is 30.5 Å². The molecule has 3 rings (SSSR count). The van der Waals surface area contributed by atoms with Gasteiger partial charge in [-0.3, -0.25) is 9.69 Å². The Morgan fingerprint density at radius 2 is 2.00 bits per heavy atom. The van der Waals surface area contributed by atoms with Gasteiger partial charge in [-0.05, 0) is 46.8 Å². The van der Waals surface area contributed by atoms with E-state index in [-0.39, 0.29) is 12.4 Å². The zero-order chi connectivity index (χ0) is 18.4. The second kappa shape index (κ2) is 5.88. The van der Waals surface area contributed by atoms with Crippen LogP contribution >= 0.6 is 0 Å². The molecule has 1 aliphatic rings. The number of aromatic nitrogens is 1. The number of benzene rings is 1.